The second kappa shape index (κ2) is 52.9. The molecule has 0 aliphatic heterocycles. The van der Waals surface area contributed by atoms with Gasteiger partial charge in [0.05, 0.1) is 82.4 Å². The predicted octanol–water partition coefficient (Wildman–Crippen LogP) is -5.33. The van der Waals surface area contributed by atoms with E-state index >= 15 is 0 Å². The van der Waals surface area contributed by atoms with E-state index in [9.17, 15) is 96.5 Å². The molecule has 46 nitrogen and oxygen atoms in total. The summed E-state index contributed by atoms with van der Waals surface area (Å²) >= 11 is 0. The first-order valence-electron chi connectivity index (χ1n) is 43.1. The van der Waals surface area contributed by atoms with Crippen molar-refractivity contribution >= 4 is 140 Å². The first kappa shape index (κ1) is 104. The average molecular weight is 1860 g/mol. The highest BCUT2D eigenvalue weighted by molar-refractivity contribution is 6.04. The maximum atomic E-state index is 14.0. The van der Waals surface area contributed by atoms with Crippen molar-refractivity contribution < 1.29 is 96.5 Å². The van der Waals surface area contributed by atoms with E-state index in [0.717, 1.165) is 32.9 Å². The second-order valence-corrected chi connectivity index (χ2v) is 31.5. The number of rotatable bonds is 55. The van der Waals surface area contributed by atoms with Gasteiger partial charge in [-0.2, -0.15) is 0 Å². The number of carbonyl (C=O) groups is 18. The van der Waals surface area contributed by atoms with Crippen LogP contribution in [0, 0.1) is 0 Å². The summed E-state index contributed by atoms with van der Waals surface area (Å²) in [5.41, 5.74) is 33.8. The van der Waals surface area contributed by atoms with Crippen molar-refractivity contribution in [1.82, 2.24) is 98.9 Å². The van der Waals surface area contributed by atoms with Crippen molar-refractivity contribution in [3.05, 3.63) is 168 Å². The maximum absolute atomic E-state index is 14.0. The molecule has 0 saturated carbocycles. The van der Waals surface area contributed by atoms with Gasteiger partial charge in [0.2, 0.25) is 94.5 Å². The summed E-state index contributed by atoms with van der Waals surface area (Å²) in [5, 5.41) is 63.8. The molecular formula is C88H116N26O20. The number of unbranched alkanes of at least 4 members (excludes halogenated alkanes) is 3. The van der Waals surface area contributed by atoms with Gasteiger partial charge in [-0.15, -0.1) is 0 Å². The molecule has 8 aromatic rings. The number of phenols is 2. The van der Waals surface area contributed by atoms with Gasteiger partial charge in [-0.05, 0) is 155 Å². The monoisotopic (exact) mass is 1860 g/mol. The molecule has 134 heavy (non-hydrogen) atoms. The van der Waals surface area contributed by atoms with Crippen LogP contribution < -0.4 is 119 Å². The molecule has 7 atom stereocenters. The Kier molecular flexibility index (Phi) is 41.0. The number of nitrogens with two attached hydrogens (primary N) is 5. The van der Waals surface area contributed by atoms with Crippen molar-refractivity contribution in [1.29, 1.82) is 0 Å². The molecule has 718 valence electrons. The molecule has 31 N–H and O–H groups in total. The minimum Gasteiger partial charge on any atom is -0.508 e. The van der Waals surface area contributed by atoms with Crippen LogP contribution in [-0.4, -0.2) is 256 Å². The number of para-hydroxylation sites is 2. The van der Waals surface area contributed by atoms with Gasteiger partial charge >= 0.3 is 0 Å². The molecule has 0 bridgehead atoms. The molecule has 18 amide bonds. The summed E-state index contributed by atoms with van der Waals surface area (Å²) in [5.74, 6) is -14.3. The van der Waals surface area contributed by atoms with Crippen LogP contribution in [0.15, 0.2) is 134 Å². The highest BCUT2D eigenvalue weighted by Crippen LogP contribution is 2.24. The third kappa shape index (κ3) is 34.7. The molecule has 0 saturated heterocycles. The van der Waals surface area contributed by atoms with E-state index in [0.29, 0.717) is 49.9 Å². The standard InChI is InChI=1S/C88H116N26O20/c1-113-48-54(106-85(131)65(17-7-10-28-89)109-80(126)60(91)33-52-37-95-62-15-5-3-13-58(52)62)35-69(113)87(133)111-67(31-50-20-24-56(115)25-21-50)83(129)104-45-77(123)100-42-74(120)98-40-72(118)94-30-12-9-19-64(82(128)103-44-76(122)99-41-73(119)97-39-71(93)117)108-79(125)47-102-75(121)43-101-78(124)46-105-84(130)68(32-51-22-26-57(116)27-23-51)112-88(134)70-36-55(49-114(70)2)107-86(132)66(18-8-11-29-90)110-81(127)61(92)34-53-38-96-63-16-6-4-14-59(53)63/h3-6,13-16,20-27,35-38,48-49,60-61,64-68,95-96,115-116H,7-12,17-19,28-34,39-47,89-92H2,1-2H3,(H2,93,117)(H,94,118)(H,97,119)(H,98,120)(H,99,122)(H,100,123)(H,101,124)(H,102,121)(H,103,128)(H,104,129)(H,105,130)(H,106,131)(H,107,132)(H,108,125)(H,109,126)(H,110,127)(H,111,133)(H,112,134)/t60-,61-,64-,65-,66-,67-,68-/m0/s1. The molecule has 4 aromatic heterocycles. The molecule has 4 aromatic carbocycles. The number of benzene rings is 4. The minimum absolute atomic E-state index is 0.0142. The molecular weight excluding hydrogens is 1740 g/mol. The van der Waals surface area contributed by atoms with Gasteiger partial charge in [0.15, 0.2) is 0 Å². The average Bonchev–Trinajstić information content (AvgIpc) is 1.69. The summed E-state index contributed by atoms with van der Waals surface area (Å²) in [6, 6.07) is 21.0. The summed E-state index contributed by atoms with van der Waals surface area (Å²) in [4.78, 5) is 244. The van der Waals surface area contributed by atoms with Crippen molar-refractivity contribution in [2.24, 2.45) is 42.8 Å². The molecule has 4 heterocycles. The Morgan fingerprint density at radius 2 is 0.679 bits per heavy atom. The zero-order valence-electron chi connectivity index (χ0n) is 73.9. The molecule has 0 fully saturated rings. The lowest BCUT2D eigenvalue weighted by Gasteiger charge is -2.20. The van der Waals surface area contributed by atoms with Crippen LogP contribution in [0.4, 0.5) is 11.4 Å². The Morgan fingerprint density at radius 3 is 1.05 bits per heavy atom. The van der Waals surface area contributed by atoms with Gasteiger partial charge in [0.25, 0.3) is 11.8 Å². The van der Waals surface area contributed by atoms with Crippen LogP contribution in [-0.2, 0) is 116 Å². The number of carbonyl (C=O) groups excluding carboxylic acids is 18. The second-order valence-electron chi connectivity index (χ2n) is 31.5. The Labute approximate surface area is 768 Å². The highest BCUT2D eigenvalue weighted by Gasteiger charge is 2.32. The molecule has 0 aliphatic rings. The number of phenolic OH excluding ortho intramolecular Hbond substituents is 2. The highest BCUT2D eigenvalue weighted by atomic mass is 16.3. The van der Waals surface area contributed by atoms with Crippen LogP contribution >= 0.6 is 0 Å². The number of H-pyrrole nitrogens is 2. The van der Waals surface area contributed by atoms with E-state index < -0.39 is 208 Å². The van der Waals surface area contributed by atoms with Crippen molar-refractivity contribution in [2.75, 3.05) is 89.2 Å². The topological polar surface area (TPSA) is 724 Å². The Bertz CT molecular complexity index is 5470. The Morgan fingerprint density at radius 1 is 0.351 bits per heavy atom. The summed E-state index contributed by atoms with van der Waals surface area (Å²) in [6.45, 7) is -5.38. The number of primary amides is 1. The van der Waals surface area contributed by atoms with Gasteiger partial charge in [0, 0.05) is 80.1 Å². The largest absolute Gasteiger partial charge is 0.508 e. The Hall–Kier alpha value is -15.6. The van der Waals surface area contributed by atoms with Crippen molar-refractivity contribution in [3.63, 3.8) is 0 Å². The fourth-order valence-electron chi connectivity index (χ4n) is 13.7. The predicted molar refractivity (Wildman–Crippen MR) is 489 cm³/mol. The molecule has 46 heteroatoms. The molecule has 0 radical (unpaired) electrons. The van der Waals surface area contributed by atoms with E-state index in [1.54, 1.807) is 12.4 Å². The number of aromatic amines is 2. The summed E-state index contributed by atoms with van der Waals surface area (Å²) < 4.78 is 2.77. The van der Waals surface area contributed by atoms with Gasteiger partial charge in [0.1, 0.15) is 53.1 Å². The van der Waals surface area contributed by atoms with E-state index in [1.807, 2.05) is 48.5 Å². The van der Waals surface area contributed by atoms with Gasteiger partial charge in [-0.3, -0.25) is 86.3 Å². The van der Waals surface area contributed by atoms with Crippen LogP contribution in [0.3, 0.4) is 0 Å². The Balaban J connectivity index is 0.764. The lowest BCUT2D eigenvalue weighted by Crippen LogP contribution is -2.52. The maximum Gasteiger partial charge on any atom is 0.268 e. The van der Waals surface area contributed by atoms with E-state index in [4.69, 9.17) is 28.7 Å². The fourth-order valence-corrected chi connectivity index (χ4v) is 13.7. The van der Waals surface area contributed by atoms with Crippen molar-refractivity contribution in [3.8, 4) is 11.5 Å². The number of nitrogens with zero attached hydrogens (tertiary/aromatic N) is 2. The van der Waals surface area contributed by atoms with Crippen LogP contribution in [0.25, 0.3) is 21.8 Å². The molecule has 0 unspecified atom stereocenters. The quantitative estimate of drug-likeness (QED) is 0.0158. The normalized spacial score (nSPS) is 12.5. The SMILES string of the molecule is Cn1cc(NC(=O)[C@H](CCCCN)NC(=O)[C@@H](N)Cc2c[nH]c3ccccc23)cc1C(=O)N[C@@H](Cc1ccc(O)cc1)C(=O)NCC(=O)NCC(=O)NCC(=O)NCCCC[C@H](NC(=O)CNC(=O)CNC(=O)CNC(=O)[C@H](Cc1ccc(O)cc1)NC(=O)c1cc(NC(=O)[C@H](CCCCN)NC(=O)[C@@H](N)Cc2c[nH]c3ccccc23)cn1C)C(=O)NCC(=O)NCC(=O)NCC(N)=O. The number of aromatic nitrogens is 4. The number of hydrogen-bond donors (Lipinski definition) is 26. The van der Waals surface area contributed by atoms with E-state index in [1.165, 1.54) is 96.3 Å². The number of aromatic hydroxyl groups is 2. The molecule has 0 aliphatic carbocycles. The van der Waals surface area contributed by atoms with Crippen LogP contribution in [0.5, 0.6) is 11.5 Å². The van der Waals surface area contributed by atoms with Crippen molar-refractivity contribution in [2.45, 2.75) is 126 Å². The van der Waals surface area contributed by atoms with Gasteiger partial charge in [-0.1, -0.05) is 60.7 Å². The third-order valence-corrected chi connectivity index (χ3v) is 20.9. The number of nitrogens with one attached hydrogen (secondary N) is 19. The number of fused-ring (bicyclic) bond motifs is 2. The smallest absolute Gasteiger partial charge is 0.268 e. The zero-order chi connectivity index (χ0) is 97.3. The fraction of sp³-hybridized carbons (Fsp3) is 0.386. The van der Waals surface area contributed by atoms with E-state index in [2.05, 4.69) is 100 Å². The minimum atomic E-state index is -1.40. The van der Waals surface area contributed by atoms with Crippen LogP contribution in [0.2, 0.25) is 0 Å². The number of hydrogen-bond acceptors (Lipinski definition) is 24. The molecule has 8 rings (SSSR count). The zero-order valence-corrected chi connectivity index (χ0v) is 73.9. The lowest BCUT2D eigenvalue weighted by atomic mass is 10.0. The first-order valence-corrected chi connectivity index (χ1v) is 43.1. The number of amides is 18. The van der Waals surface area contributed by atoms with Gasteiger partial charge < -0.3 is 148 Å². The summed E-state index contributed by atoms with van der Waals surface area (Å²) in [6.07, 6.45) is 9.08. The van der Waals surface area contributed by atoms with Crippen LogP contribution in [0.1, 0.15) is 101 Å². The van der Waals surface area contributed by atoms with Gasteiger partial charge in [-0.25, -0.2) is 0 Å². The third-order valence-electron chi connectivity index (χ3n) is 20.9. The summed E-state index contributed by atoms with van der Waals surface area (Å²) in [7, 11) is 3.02. The first-order chi connectivity index (χ1) is 64.1. The number of aryl methyl sites for hydroxylation is 2. The lowest BCUT2D eigenvalue weighted by molar-refractivity contribution is -0.131. The molecule has 0 spiro atoms. The van der Waals surface area contributed by atoms with E-state index in [-0.39, 0.29) is 98.6 Å². The number of anilines is 2.